The number of hydrogen-bond acceptors (Lipinski definition) is 11. The van der Waals surface area contributed by atoms with Gasteiger partial charge in [-0.05, 0) is 65.3 Å². The summed E-state index contributed by atoms with van der Waals surface area (Å²) in [7, 11) is 6.58. The largest absolute Gasteiger partial charge is 0.508 e. The molecule has 13 heteroatoms. The summed E-state index contributed by atoms with van der Waals surface area (Å²) >= 11 is 0. The molecule has 13 nitrogen and oxygen atoms in total. The van der Waals surface area contributed by atoms with Gasteiger partial charge in [0.05, 0.1) is 23.8 Å². The summed E-state index contributed by atoms with van der Waals surface area (Å²) in [6, 6.07) is 0.409. The summed E-state index contributed by atoms with van der Waals surface area (Å²) in [6.07, 6.45) is 0.117. The van der Waals surface area contributed by atoms with Crippen molar-refractivity contribution in [2.24, 2.45) is 17.6 Å². The number of ketones is 2. The number of primary amides is 1. The Balaban J connectivity index is 1.89. The Labute approximate surface area is 243 Å². The van der Waals surface area contributed by atoms with E-state index in [2.05, 4.69) is 10.6 Å². The third-order valence-electron chi connectivity index (χ3n) is 8.23. The highest BCUT2D eigenvalue weighted by Gasteiger charge is 2.64. The van der Waals surface area contributed by atoms with Crippen LogP contribution in [0.4, 0.5) is 11.4 Å². The van der Waals surface area contributed by atoms with Crippen LogP contribution >= 0.6 is 0 Å². The van der Waals surface area contributed by atoms with Crippen molar-refractivity contribution in [1.29, 1.82) is 0 Å². The molecule has 4 rings (SSSR count). The van der Waals surface area contributed by atoms with E-state index >= 15 is 0 Å². The van der Waals surface area contributed by atoms with Gasteiger partial charge in [-0.1, -0.05) is 0 Å². The minimum absolute atomic E-state index is 0.00158. The van der Waals surface area contributed by atoms with Crippen LogP contribution in [0.1, 0.15) is 38.3 Å². The quantitative estimate of drug-likeness (QED) is 0.179. The first-order valence-corrected chi connectivity index (χ1v) is 13.6. The predicted octanol–water partition coefficient (Wildman–Crippen LogP) is 0.357. The Kier molecular flexibility index (Phi) is 7.68. The lowest BCUT2D eigenvalue weighted by molar-refractivity contribution is -0.153. The molecule has 228 valence electrons. The van der Waals surface area contributed by atoms with E-state index in [1.165, 1.54) is 4.90 Å². The molecule has 0 unspecified atom stereocenters. The zero-order valence-electron chi connectivity index (χ0n) is 24.8. The number of hydrogen-bond donors (Lipinski definition) is 7. The van der Waals surface area contributed by atoms with Crippen molar-refractivity contribution in [2.75, 3.05) is 45.0 Å². The number of carbonyl (C=O) groups is 4. The van der Waals surface area contributed by atoms with Crippen molar-refractivity contribution in [3.05, 3.63) is 34.1 Å². The molecule has 8 N–H and O–H groups in total. The minimum Gasteiger partial charge on any atom is -0.508 e. The Morgan fingerprint density at radius 1 is 1.12 bits per heavy atom. The number of nitrogens with two attached hydrogens (primary N) is 1. The molecular formula is C29H39N5O8. The van der Waals surface area contributed by atoms with E-state index < -0.39 is 69.7 Å². The number of anilines is 2. The molecule has 0 aromatic heterocycles. The lowest BCUT2D eigenvalue weighted by Gasteiger charge is -2.50. The first-order chi connectivity index (χ1) is 19.3. The molecule has 4 atom stereocenters. The monoisotopic (exact) mass is 585 g/mol. The van der Waals surface area contributed by atoms with E-state index in [1.54, 1.807) is 39.2 Å². The number of aliphatic hydroxyl groups is 3. The molecule has 2 amide bonds. The Morgan fingerprint density at radius 2 is 1.74 bits per heavy atom. The number of nitrogens with one attached hydrogen (secondary N) is 2. The van der Waals surface area contributed by atoms with Gasteiger partial charge in [-0.15, -0.1) is 0 Å². The van der Waals surface area contributed by atoms with Crippen LogP contribution in [0.3, 0.4) is 0 Å². The number of aromatic hydroxyl groups is 1. The molecule has 1 aromatic carbocycles. The molecule has 42 heavy (non-hydrogen) atoms. The molecule has 1 aromatic rings. The summed E-state index contributed by atoms with van der Waals surface area (Å²) in [6.45, 7) is 5.62. The fourth-order valence-electron chi connectivity index (χ4n) is 6.33. The van der Waals surface area contributed by atoms with E-state index in [9.17, 15) is 39.6 Å². The van der Waals surface area contributed by atoms with Crippen molar-refractivity contribution in [1.82, 2.24) is 10.2 Å². The molecule has 1 fully saturated rings. The number of Topliss-reactive ketones (excluding diaryl/α,β-unsaturated/α-hetero) is 2. The van der Waals surface area contributed by atoms with E-state index in [0.29, 0.717) is 11.3 Å². The van der Waals surface area contributed by atoms with Crippen LogP contribution in [0.15, 0.2) is 23.0 Å². The molecule has 0 spiro atoms. The normalized spacial score (nSPS) is 25.7. The Hall–Kier alpha value is -3.94. The molecule has 0 saturated heterocycles. The van der Waals surface area contributed by atoms with Gasteiger partial charge in [0.1, 0.15) is 22.8 Å². The summed E-state index contributed by atoms with van der Waals surface area (Å²) in [5.41, 5.74) is 2.11. The van der Waals surface area contributed by atoms with E-state index in [4.69, 9.17) is 5.73 Å². The highest BCUT2D eigenvalue weighted by Crippen LogP contribution is 2.54. The third-order valence-corrected chi connectivity index (χ3v) is 8.23. The number of rotatable bonds is 6. The van der Waals surface area contributed by atoms with Crippen LogP contribution in [0.2, 0.25) is 0 Å². The SMILES string of the molecule is CN(C)c1cc(NC(=O)CNC(C)(C)C)c(O)c2c1C[C@H]1C[C@H]3[C@@H](N(C)C)C(=O)C(C(N)=O)=C(O)[C@@]3(O)C(=O)C1=C2O. The fourth-order valence-corrected chi connectivity index (χ4v) is 6.33. The molecule has 3 aliphatic rings. The second-order valence-corrected chi connectivity index (χ2v) is 12.7. The number of phenols is 1. The first-order valence-electron chi connectivity index (χ1n) is 13.6. The maximum Gasteiger partial charge on any atom is 0.255 e. The van der Waals surface area contributed by atoms with Gasteiger partial charge in [0.2, 0.25) is 11.7 Å². The number of carbonyl (C=O) groups excluding carboxylic acids is 4. The average molecular weight is 586 g/mol. The average Bonchev–Trinajstić information content (AvgIpc) is 2.85. The van der Waals surface area contributed by atoms with E-state index in [1.807, 2.05) is 20.8 Å². The molecule has 0 aliphatic heterocycles. The molecular weight excluding hydrogens is 546 g/mol. The van der Waals surface area contributed by atoms with Crippen LogP contribution in [0, 0.1) is 11.8 Å². The van der Waals surface area contributed by atoms with E-state index in [-0.39, 0.29) is 41.7 Å². The minimum atomic E-state index is -2.73. The standard InChI is InChI=1S/C29H39N5O8/c1-28(2,3)31-11-17(35)32-15-10-16(33(4)5)13-8-12-9-14-21(34(6)7)24(38)20(27(30)41)26(40)29(14,42)25(39)18(12)23(37)19(13)22(15)36/h10,12,14,21,31,36-37,40,42H,8-9,11H2,1-7H3,(H2,30,41)(H,32,35)/t12-,14-,21+,29-/m0/s1. The number of fused-ring (bicyclic) bond motifs is 3. The van der Waals surface area contributed by atoms with Gasteiger partial charge < -0.3 is 41.7 Å². The topological polar surface area (TPSA) is 206 Å². The van der Waals surface area contributed by atoms with Crippen molar-refractivity contribution >= 4 is 40.5 Å². The highest BCUT2D eigenvalue weighted by atomic mass is 16.3. The number of phenolic OH excluding ortho intramolecular Hbond substituents is 1. The van der Waals surface area contributed by atoms with Crippen LogP contribution in [-0.4, -0.2) is 101 Å². The van der Waals surface area contributed by atoms with Gasteiger partial charge in [-0.25, -0.2) is 0 Å². The van der Waals surface area contributed by atoms with Crippen LogP contribution in [0.25, 0.3) is 5.76 Å². The fraction of sp³-hybridized carbons (Fsp3) is 0.517. The van der Waals surface area contributed by atoms with Gasteiger partial charge in [-0.2, -0.15) is 0 Å². The highest BCUT2D eigenvalue weighted by molar-refractivity contribution is 6.24. The zero-order valence-corrected chi connectivity index (χ0v) is 24.8. The van der Waals surface area contributed by atoms with Crippen molar-refractivity contribution in [3.8, 4) is 5.75 Å². The van der Waals surface area contributed by atoms with Gasteiger partial charge in [0, 0.05) is 36.8 Å². The van der Waals surface area contributed by atoms with Crippen molar-refractivity contribution in [3.63, 3.8) is 0 Å². The van der Waals surface area contributed by atoms with Gasteiger partial charge in [-0.3, -0.25) is 24.1 Å². The van der Waals surface area contributed by atoms with Gasteiger partial charge >= 0.3 is 0 Å². The maximum absolute atomic E-state index is 14.0. The number of benzene rings is 1. The second-order valence-electron chi connectivity index (χ2n) is 12.7. The lowest BCUT2D eigenvalue weighted by Crippen LogP contribution is -2.65. The number of nitrogens with zero attached hydrogens (tertiary/aromatic N) is 2. The smallest absolute Gasteiger partial charge is 0.255 e. The molecule has 3 aliphatic carbocycles. The maximum atomic E-state index is 14.0. The van der Waals surface area contributed by atoms with Gasteiger partial charge in [0.15, 0.2) is 11.4 Å². The summed E-state index contributed by atoms with van der Waals surface area (Å²) in [4.78, 5) is 55.3. The first kappa shape index (κ1) is 31.0. The van der Waals surface area contributed by atoms with Crippen LogP contribution in [-0.2, 0) is 25.6 Å². The summed E-state index contributed by atoms with van der Waals surface area (Å²) in [5.74, 6) is -7.79. The van der Waals surface area contributed by atoms with Crippen LogP contribution < -0.4 is 21.3 Å². The number of likely N-dealkylation sites (N-methyl/N-ethyl adjacent to an activating group) is 1. The lowest BCUT2D eigenvalue weighted by atomic mass is 9.57. The van der Waals surface area contributed by atoms with Crippen molar-refractivity contribution < 1.29 is 39.6 Å². The second kappa shape index (κ2) is 10.4. The van der Waals surface area contributed by atoms with Crippen molar-refractivity contribution in [2.45, 2.75) is 50.8 Å². The molecule has 0 bridgehead atoms. The molecule has 1 saturated carbocycles. The van der Waals surface area contributed by atoms with Crippen LogP contribution in [0.5, 0.6) is 5.75 Å². The Bertz CT molecular complexity index is 1450. The summed E-state index contributed by atoms with van der Waals surface area (Å²) < 4.78 is 0. The Morgan fingerprint density at radius 3 is 2.26 bits per heavy atom. The van der Waals surface area contributed by atoms with Gasteiger partial charge in [0.25, 0.3) is 5.91 Å². The molecule has 0 heterocycles. The molecule has 0 radical (unpaired) electrons. The van der Waals surface area contributed by atoms with E-state index in [0.717, 1.165) is 0 Å². The number of aliphatic hydroxyl groups excluding tert-OH is 2. The zero-order chi connectivity index (χ0) is 31.6. The summed E-state index contributed by atoms with van der Waals surface area (Å²) in [5, 5.41) is 51.3. The predicted molar refractivity (Wildman–Crippen MR) is 155 cm³/mol. The third kappa shape index (κ3) is 4.80. The number of amides is 2.